The molecule has 10 nitrogen and oxygen atoms in total. The molecule has 1 aromatic heterocycles. The van der Waals surface area contributed by atoms with Gasteiger partial charge in [-0.15, -0.1) is 0 Å². The number of nitrogens with zero attached hydrogens (tertiary/aromatic N) is 3. The molecular weight excluding hydrogens is 470 g/mol. The minimum absolute atomic E-state index is 0.0561. The minimum Gasteiger partial charge on any atom is -0.491 e. The van der Waals surface area contributed by atoms with Crippen LogP contribution in [-0.2, 0) is 21.2 Å². The van der Waals surface area contributed by atoms with Crippen LogP contribution in [0, 0.1) is 0 Å². The Hall–Kier alpha value is -2.31. The standard InChI is InChI=1S/C24H35N5O5S/c1-3-18-13-27-23(28-14-18)29-9-7-24(8-10-29)12-19(16-34-24)26-15-20(30)17-33-21-5-4-6-22(11-21)35(31,32)25-2/h4-6,11,13-14,19-20,25-26,30H,3,7-10,12,15-17H2,1-2H3/t19-,20?/m1/s1. The topological polar surface area (TPSA) is 126 Å². The Kier molecular flexibility index (Phi) is 8.23. The van der Waals surface area contributed by atoms with E-state index in [1.165, 1.54) is 19.2 Å². The number of aliphatic hydroxyl groups excluding tert-OH is 1. The summed E-state index contributed by atoms with van der Waals surface area (Å²) in [6.07, 6.45) is 6.72. The summed E-state index contributed by atoms with van der Waals surface area (Å²) in [6.45, 7) is 4.84. The van der Waals surface area contributed by atoms with Gasteiger partial charge in [0, 0.05) is 44.1 Å². The first kappa shape index (κ1) is 25.8. The highest BCUT2D eigenvalue weighted by Gasteiger charge is 2.43. The predicted molar refractivity (Wildman–Crippen MR) is 132 cm³/mol. The maximum atomic E-state index is 11.9. The zero-order chi connectivity index (χ0) is 24.9. The van der Waals surface area contributed by atoms with Crippen molar-refractivity contribution in [2.75, 3.05) is 44.8 Å². The summed E-state index contributed by atoms with van der Waals surface area (Å²) in [7, 11) is -2.19. The van der Waals surface area contributed by atoms with Crippen molar-refractivity contribution in [2.45, 2.75) is 55.2 Å². The van der Waals surface area contributed by atoms with Gasteiger partial charge in [0.1, 0.15) is 18.5 Å². The molecule has 4 rings (SSSR count). The van der Waals surface area contributed by atoms with Gasteiger partial charge in [0.15, 0.2) is 0 Å². The number of benzene rings is 1. The Morgan fingerprint density at radius 1 is 1.29 bits per heavy atom. The Morgan fingerprint density at radius 3 is 2.71 bits per heavy atom. The third-order valence-electron chi connectivity index (χ3n) is 6.74. The van der Waals surface area contributed by atoms with Crippen molar-refractivity contribution in [3.63, 3.8) is 0 Å². The van der Waals surface area contributed by atoms with E-state index >= 15 is 0 Å². The quantitative estimate of drug-likeness (QED) is 0.435. The molecule has 3 heterocycles. The highest BCUT2D eigenvalue weighted by atomic mass is 32.2. The molecule has 11 heteroatoms. The van der Waals surface area contributed by atoms with E-state index in [0.29, 0.717) is 18.9 Å². The third kappa shape index (κ3) is 6.47. The first-order valence-electron chi connectivity index (χ1n) is 12.1. The molecule has 2 fully saturated rings. The second-order valence-corrected chi connectivity index (χ2v) is 11.1. The molecule has 35 heavy (non-hydrogen) atoms. The molecule has 0 radical (unpaired) electrons. The second kappa shape index (κ2) is 11.2. The molecule has 2 saturated heterocycles. The third-order valence-corrected chi connectivity index (χ3v) is 8.15. The van der Waals surface area contributed by atoms with Crippen LogP contribution >= 0.6 is 0 Å². The summed E-state index contributed by atoms with van der Waals surface area (Å²) in [5.41, 5.74) is 0.996. The van der Waals surface area contributed by atoms with Gasteiger partial charge < -0.3 is 24.8 Å². The summed E-state index contributed by atoms with van der Waals surface area (Å²) in [4.78, 5) is 11.3. The number of aromatic nitrogens is 2. The van der Waals surface area contributed by atoms with Crippen LogP contribution in [0.4, 0.5) is 5.95 Å². The van der Waals surface area contributed by atoms with Crippen LogP contribution < -0.4 is 19.7 Å². The zero-order valence-electron chi connectivity index (χ0n) is 20.3. The lowest BCUT2D eigenvalue weighted by molar-refractivity contribution is -0.0152. The number of aliphatic hydroxyl groups is 1. The molecule has 2 aromatic rings. The average molecular weight is 506 g/mol. The smallest absolute Gasteiger partial charge is 0.240 e. The summed E-state index contributed by atoms with van der Waals surface area (Å²) in [5.74, 6) is 1.17. The Balaban J connectivity index is 1.19. The Bertz CT molecular complexity index is 1070. The number of piperidine rings is 1. The van der Waals surface area contributed by atoms with Crippen LogP contribution in [0.1, 0.15) is 31.7 Å². The van der Waals surface area contributed by atoms with Crippen molar-refractivity contribution in [1.82, 2.24) is 20.0 Å². The molecule has 1 spiro atoms. The van der Waals surface area contributed by atoms with Gasteiger partial charge in [-0.1, -0.05) is 13.0 Å². The Morgan fingerprint density at radius 2 is 2.03 bits per heavy atom. The van der Waals surface area contributed by atoms with E-state index in [4.69, 9.17) is 9.47 Å². The number of aryl methyl sites for hydroxylation is 1. The lowest BCUT2D eigenvalue weighted by Crippen LogP contribution is -2.45. The van der Waals surface area contributed by atoms with Gasteiger partial charge in [-0.3, -0.25) is 0 Å². The largest absolute Gasteiger partial charge is 0.491 e. The number of nitrogens with one attached hydrogen (secondary N) is 2. The number of anilines is 1. The fourth-order valence-corrected chi connectivity index (χ4v) is 5.30. The van der Waals surface area contributed by atoms with E-state index in [1.807, 2.05) is 12.4 Å². The molecule has 2 aliphatic heterocycles. The fraction of sp³-hybridized carbons (Fsp3) is 0.583. The van der Waals surface area contributed by atoms with E-state index in [-0.39, 0.29) is 23.1 Å². The van der Waals surface area contributed by atoms with Gasteiger partial charge in [-0.25, -0.2) is 23.1 Å². The molecule has 1 unspecified atom stereocenters. The van der Waals surface area contributed by atoms with Crippen LogP contribution in [0.15, 0.2) is 41.6 Å². The molecular formula is C24H35N5O5S. The van der Waals surface area contributed by atoms with Crippen molar-refractivity contribution < 1.29 is 23.0 Å². The molecule has 2 atom stereocenters. The number of hydrogen-bond donors (Lipinski definition) is 3. The van der Waals surface area contributed by atoms with Crippen molar-refractivity contribution in [1.29, 1.82) is 0 Å². The molecule has 2 aliphatic rings. The lowest BCUT2D eigenvalue weighted by Gasteiger charge is -2.38. The lowest BCUT2D eigenvalue weighted by atomic mass is 9.87. The molecule has 3 N–H and O–H groups in total. The summed E-state index contributed by atoms with van der Waals surface area (Å²) < 4.78 is 38.0. The monoisotopic (exact) mass is 505 g/mol. The minimum atomic E-state index is -3.55. The van der Waals surface area contributed by atoms with Crippen molar-refractivity contribution >= 4 is 16.0 Å². The molecule has 192 valence electrons. The zero-order valence-corrected chi connectivity index (χ0v) is 21.1. The van der Waals surface area contributed by atoms with Crippen molar-refractivity contribution in [2.24, 2.45) is 0 Å². The van der Waals surface area contributed by atoms with Crippen molar-refractivity contribution in [3.05, 3.63) is 42.2 Å². The van der Waals surface area contributed by atoms with E-state index < -0.39 is 16.1 Å². The SMILES string of the molecule is CCc1cnc(N2CCC3(CC2)C[C@@H](NCC(O)COc2cccc(S(=O)(=O)NC)c2)CO3)nc1. The highest BCUT2D eigenvalue weighted by Crippen LogP contribution is 2.36. The first-order valence-corrected chi connectivity index (χ1v) is 13.6. The molecule has 0 aliphatic carbocycles. The van der Waals surface area contributed by atoms with E-state index in [0.717, 1.165) is 50.3 Å². The van der Waals surface area contributed by atoms with Crippen LogP contribution in [0.25, 0.3) is 0 Å². The predicted octanol–water partition coefficient (Wildman–Crippen LogP) is 1.10. The Labute approximate surface area is 207 Å². The van der Waals surface area contributed by atoms with Crippen molar-refractivity contribution in [3.8, 4) is 5.75 Å². The van der Waals surface area contributed by atoms with E-state index in [1.54, 1.807) is 12.1 Å². The van der Waals surface area contributed by atoms with Crippen LogP contribution in [0.2, 0.25) is 0 Å². The van der Waals surface area contributed by atoms with Gasteiger partial charge in [0.2, 0.25) is 16.0 Å². The molecule has 0 bridgehead atoms. The second-order valence-electron chi connectivity index (χ2n) is 9.18. The summed E-state index contributed by atoms with van der Waals surface area (Å²) in [6, 6.07) is 6.37. The van der Waals surface area contributed by atoms with E-state index in [9.17, 15) is 13.5 Å². The average Bonchev–Trinajstić information content (AvgIpc) is 3.29. The van der Waals surface area contributed by atoms with Gasteiger partial charge in [0.05, 0.1) is 17.1 Å². The van der Waals surface area contributed by atoms with Crippen LogP contribution in [0.3, 0.4) is 0 Å². The highest BCUT2D eigenvalue weighted by molar-refractivity contribution is 7.89. The number of rotatable bonds is 10. The summed E-state index contributed by atoms with van der Waals surface area (Å²) >= 11 is 0. The molecule has 1 aromatic carbocycles. The van der Waals surface area contributed by atoms with Crippen LogP contribution in [0.5, 0.6) is 5.75 Å². The van der Waals surface area contributed by atoms with Gasteiger partial charge in [-0.2, -0.15) is 0 Å². The van der Waals surface area contributed by atoms with Gasteiger partial charge >= 0.3 is 0 Å². The first-order chi connectivity index (χ1) is 16.8. The van der Waals surface area contributed by atoms with Gasteiger partial charge in [0.25, 0.3) is 0 Å². The number of sulfonamides is 1. The van der Waals surface area contributed by atoms with E-state index in [2.05, 4.69) is 31.8 Å². The number of hydrogen-bond acceptors (Lipinski definition) is 9. The normalized spacial score (nSPS) is 20.8. The number of ether oxygens (including phenoxy) is 2. The molecule has 0 amide bonds. The maximum Gasteiger partial charge on any atom is 0.240 e. The van der Waals surface area contributed by atoms with Gasteiger partial charge in [-0.05, 0) is 50.4 Å². The molecule has 0 saturated carbocycles. The summed E-state index contributed by atoms with van der Waals surface area (Å²) in [5, 5.41) is 13.8. The fourth-order valence-electron chi connectivity index (χ4n) is 4.53. The van der Waals surface area contributed by atoms with Crippen LogP contribution in [-0.4, -0.2) is 81.1 Å². The maximum absolute atomic E-state index is 11.9.